The zero-order chi connectivity index (χ0) is 15.4. The van der Waals surface area contributed by atoms with E-state index >= 15 is 0 Å². The Morgan fingerprint density at radius 2 is 2.30 bits per heavy atom. The second kappa shape index (κ2) is 8.73. The van der Waals surface area contributed by atoms with Crippen LogP contribution < -0.4 is 10.1 Å². The van der Waals surface area contributed by atoms with Crippen LogP contribution in [0.1, 0.15) is 17.5 Å². The third-order valence-electron chi connectivity index (χ3n) is 4.22. The van der Waals surface area contributed by atoms with E-state index in [0.29, 0.717) is 5.92 Å². The molecule has 2 heterocycles. The number of benzene rings is 1. The fourth-order valence-corrected chi connectivity index (χ4v) is 2.76. The number of aryl methyl sites for hydroxylation is 1. The first kappa shape index (κ1) is 18.3. The number of rotatable bonds is 5. The molecule has 0 amide bonds. The minimum absolute atomic E-state index is 0. The van der Waals surface area contributed by atoms with Crippen LogP contribution >= 0.6 is 24.0 Å². The van der Waals surface area contributed by atoms with Crippen LogP contribution in [0.4, 0.5) is 0 Å². The van der Waals surface area contributed by atoms with Crippen molar-refractivity contribution in [3.05, 3.63) is 29.3 Å². The summed E-state index contributed by atoms with van der Waals surface area (Å²) in [7, 11) is 2.06. The van der Waals surface area contributed by atoms with Gasteiger partial charge < -0.3 is 19.7 Å². The molecule has 6 heteroatoms. The van der Waals surface area contributed by atoms with Gasteiger partial charge >= 0.3 is 0 Å². The molecule has 1 fully saturated rings. The van der Waals surface area contributed by atoms with Crippen LogP contribution in [-0.4, -0.2) is 50.8 Å². The van der Waals surface area contributed by atoms with Gasteiger partial charge in [0.1, 0.15) is 5.75 Å². The highest BCUT2D eigenvalue weighted by molar-refractivity contribution is 14.0. The Labute approximate surface area is 155 Å². The second-order valence-electron chi connectivity index (χ2n) is 6.13. The van der Waals surface area contributed by atoms with Gasteiger partial charge in [0.05, 0.1) is 19.8 Å². The molecule has 23 heavy (non-hydrogen) atoms. The van der Waals surface area contributed by atoms with Gasteiger partial charge in [0.25, 0.3) is 0 Å². The Kier molecular flexibility index (Phi) is 6.95. The van der Waals surface area contributed by atoms with Crippen LogP contribution in [0.25, 0.3) is 0 Å². The number of nitrogens with one attached hydrogen (secondary N) is 1. The highest BCUT2D eigenvalue weighted by Crippen LogP contribution is 2.22. The van der Waals surface area contributed by atoms with E-state index in [0.717, 1.165) is 57.6 Å². The van der Waals surface area contributed by atoms with Crippen molar-refractivity contribution in [3.8, 4) is 5.75 Å². The van der Waals surface area contributed by atoms with Gasteiger partial charge in [-0.3, -0.25) is 4.99 Å². The number of hydrogen-bond donors (Lipinski definition) is 1. The van der Waals surface area contributed by atoms with Gasteiger partial charge in [-0.25, -0.2) is 0 Å². The van der Waals surface area contributed by atoms with Crippen LogP contribution in [0.5, 0.6) is 5.75 Å². The van der Waals surface area contributed by atoms with Gasteiger partial charge in [-0.1, -0.05) is 12.1 Å². The molecular formula is C17H26IN3O2. The molecule has 0 bridgehead atoms. The number of likely N-dealkylation sites (N-methyl/N-ethyl adjacent to an activating group) is 1. The molecule has 1 aromatic carbocycles. The van der Waals surface area contributed by atoms with Crippen LogP contribution in [-0.2, 0) is 11.3 Å². The van der Waals surface area contributed by atoms with E-state index < -0.39 is 0 Å². The molecule has 0 aliphatic carbocycles. The largest absolute Gasteiger partial charge is 0.493 e. The maximum atomic E-state index is 6.07. The number of aliphatic imine (C=N–C) groups is 1. The number of guanidine groups is 1. The summed E-state index contributed by atoms with van der Waals surface area (Å²) >= 11 is 0. The lowest BCUT2D eigenvalue weighted by molar-refractivity contribution is 0.166. The Hall–Kier alpha value is -1.02. The van der Waals surface area contributed by atoms with Crippen molar-refractivity contribution in [2.75, 3.05) is 40.0 Å². The summed E-state index contributed by atoms with van der Waals surface area (Å²) in [5.41, 5.74) is 2.39. The monoisotopic (exact) mass is 431 g/mol. The summed E-state index contributed by atoms with van der Waals surface area (Å²) in [6.45, 7) is 7.11. The number of nitrogens with zero attached hydrogens (tertiary/aromatic N) is 2. The van der Waals surface area contributed by atoms with E-state index in [1.165, 1.54) is 11.1 Å². The SMILES string of the molecule is Cc1ccc(CNC2=NCCN2C)c(OCC2CCOC2)c1.I. The highest BCUT2D eigenvalue weighted by Gasteiger charge is 2.17. The summed E-state index contributed by atoms with van der Waals surface area (Å²) in [6, 6.07) is 6.38. The fourth-order valence-electron chi connectivity index (χ4n) is 2.76. The number of hydrogen-bond acceptors (Lipinski definition) is 5. The molecule has 0 spiro atoms. The number of ether oxygens (including phenoxy) is 2. The quantitative estimate of drug-likeness (QED) is 0.728. The maximum Gasteiger partial charge on any atom is 0.194 e. The zero-order valence-electron chi connectivity index (χ0n) is 13.9. The molecule has 0 radical (unpaired) electrons. The summed E-state index contributed by atoms with van der Waals surface area (Å²) in [4.78, 5) is 6.61. The Morgan fingerprint density at radius 1 is 1.43 bits per heavy atom. The summed E-state index contributed by atoms with van der Waals surface area (Å²) in [5.74, 6) is 2.46. The van der Waals surface area contributed by atoms with Crippen molar-refractivity contribution in [3.63, 3.8) is 0 Å². The Balaban J connectivity index is 0.00000192. The van der Waals surface area contributed by atoms with Crippen molar-refractivity contribution in [2.45, 2.75) is 19.9 Å². The van der Waals surface area contributed by atoms with Gasteiger partial charge in [0, 0.05) is 38.2 Å². The average molecular weight is 431 g/mol. The van der Waals surface area contributed by atoms with E-state index in [-0.39, 0.29) is 24.0 Å². The lowest BCUT2D eigenvalue weighted by Crippen LogP contribution is -2.35. The van der Waals surface area contributed by atoms with E-state index in [4.69, 9.17) is 9.47 Å². The highest BCUT2D eigenvalue weighted by atomic mass is 127. The van der Waals surface area contributed by atoms with Gasteiger partial charge in [-0.15, -0.1) is 24.0 Å². The molecule has 1 unspecified atom stereocenters. The van der Waals surface area contributed by atoms with Crippen molar-refractivity contribution < 1.29 is 9.47 Å². The van der Waals surface area contributed by atoms with Crippen molar-refractivity contribution in [1.29, 1.82) is 0 Å². The van der Waals surface area contributed by atoms with E-state index in [1.54, 1.807) is 0 Å². The van der Waals surface area contributed by atoms with E-state index in [2.05, 4.69) is 47.4 Å². The topological polar surface area (TPSA) is 46.1 Å². The van der Waals surface area contributed by atoms with E-state index in [1.807, 2.05) is 0 Å². The van der Waals surface area contributed by atoms with Crippen molar-refractivity contribution in [2.24, 2.45) is 10.9 Å². The Bertz CT molecular complexity index is 545. The predicted octanol–water partition coefficient (Wildman–Crippen LogP) is 2.42. The third-order valence-corrected chi connectivity index (χ3v) is 4.22. The van der Waals surface area contributed by atoms with Gasteiger partial charge in [0.15, 0.2) is 5.96 Å². The maximum absolute atomic E-state index is 6.07. The van der Waals surface area contributed by atoms with Gasteiger partial charge in [-0.2, -0.15) is 0 Å². The number of halogens is 1. The van der Waals surface area contributed by atoms with Crippen molar-refractivity contribution >= 4 is 29.9 Å². The smallest absolute Gasteiger partial charge is 0.194 e. The summed E-state index contributed by atoms with van der Waals surface area (Å²) < 4.78 is 11.5. The van der Waals surface area contributed by atoms with Crippen LogP contribution in [0.2, 0.25) is 0 Å². The summed E-state index contributed by atoms with van der Waals surface area (Å²) in [5, 5.41) is 3.41. The average Bonchev–Trinajstić information content (AvgIpc) is 3.16. The molecule has 0 aromatic heterocycles. The molecule has 1 saturated heterocycles. The Morgan fingerprint density at radius 3 is 3.00 bits per heavy atom. The first-order valence-electron chi connectivity index (χ1n) is 8.02. The van der Waals surface area contributed by atoms with Crippen LogP contribution in [0.3, 0.4) is 0 Å². The normalized spacial score (nSPS) is 20.2. The zero-order valence-corrected chi connectivity index (χ0v) is 16.2. The molecule has 2 aliphatic rings. The standard InChI is InChI=1S/C17H25N3O2.HI/c1-13-3-4-15(10-19-17-18-6-7-20(17)2)16(9-13)22-12-14-5-8-21-11-14;/h3-4,9,14H,5-8,10-12H2,1-2H3,(H,18,19);1H. The molecule has 2 aliphatic heterocycles. The minimum Gasteiger partial charge on any atom is -0.493 e. The third kappa shape index (κ3) is 4.97. The molecule has 128 valence electrons. The molecule has 1 atom stereocenters. The molecule has 0 saturated carbocycles. The first-order chi connectivity index (χ1) is 10.7. The fraction of sp³-hybridized carbons (Fsp3) is 0.588. The lowest BCUT2D eigenvalue weighted by atomic mass is 10.1. The predicted molar refractivity (Wildman–Crippen MR) is 103 cm³/mol. The summed E-state index contributed by atoms with van der Waals surface area (Å²) in [6.07, 6.45) is 1.10. The molecule has 1 N–H and O–H groups in total. The van der Waals surface area contributed by atoms with Gasteiger partial charge in [-0.05, 0) is 25.0 Å². The van der Waals surface area contributed by atoms with Crippen molar-refractivity contribution in [1.82, 2.24) is 10.2 Å². The second-order valence-corrected chi connectivity index (χ2v) is 6.13. The van der Waals surface area contributed by atoms with Crippen LogP contribution in [0, 0.1) is 12.8 Å². The molecule has 1 aromatic rings. The van der Waals surface area contributed by atoms with E-state index in [9.17, 15) is 0 Å². The first-order valence-corrected chi connectivity index (χ1v) is 8.02. The minimum atomic E-state index is 0. The van der Waals surface area contributed by atoms with Crippen LogP contribution in [0.15, 0.2) is 23.2 Å². The van der Waals surface area contributed by atoms with Gasteiger partial charge in [0.2, 0.25) is 0 Å². The molecule has 3 rings (SSSR count). The molecular weight excluding hydrogens is 405 g/mol. The molecule has 5 nitrogen and oxygen atoms in total. The lowest BCUT2D eigenvalue weighted by Gasteiger charge is -2.18.